The summed E-state index contributed by atoms with van der Waals surface area (Å²) in [6.07, 6.45) is -10.1. The molecule has 0 saturated carbocycles. The van der Waals surface area contributed by atoms with Gasteiger partial charge in [-0.1, -0.05) is 6.58 Å². The quantitative estimate of drug-likeness (QED) is 0.426. The predicted octanol–water partition coefficient (Wildman–Crippen LogP) is 1.34. The van der Waals surface area contributed by atoms with Gasteiger partial charge in [0.05, 0.1) is 13.2 Å². The van der Waals surface area contributed by atoms with E-state index in [-0.39, 0.29) is 5.57 Å². The van der Waals surface area contributed by atoms with E-state index >= 15 is 0 Å². The molecule has 4 nitrogen and oxygen atoms in total. The molecular formula is C9H12F4O4. The summed E-state index contributed by atoms with van der Waals surface area (Å²) < 4.78 is 56.1. The maximum atomic E-state index is 12.3. The lowest BCUT2D eigenvalue weighted by Gasteiger charge is -2.20. The molecule has 0 aliphatic heterocycles. The van der Waals surface area contributed by atoms with Gasteiger partial charge in [-0.25, -0.2) is 13.6 Å². The molecule has 1 atom stereocenters. The van der Waals surface area contributed by atoms with Crippen molar-refractivity contribution in [3.05, 3.63) is 12.2 Å². The number of esters is 1. The molecule has 1 unspecified atom stereocenters. The molecule has 8 heteroatoms. The molecule has 0 bridgehead atoms. The predicted molar refractivity (Wildman–Crippen MR) is 48.7 cm³/mol. The van der Waals surface area contributed by atoms with Gasteiger partial charge in [0, 0.05) is 5.57 Å². The molecule has 1 N–H and O–H groups in total. The molecule has 17 heavy (non-hydrogen) atoms. The number of carbonyl (C=O) groups excluding carboxylic acids is 1. The van der Waals surface area contributed by atoms with Crippen molar-refractivity contribution >= 4 is 5.97 Å². The number of ether oxygens (including phenoxy) is 2. The SMILES string of the molecule is C=C(C)C(=O)OC(CO)COC(F)(F)C(F)F. The number of carbonyl (C=O) groups is 1. The van der Waals surface area contributed by atoms with E-state index in [1.807, 2.05) is 0 Å². The Bertz CT molecular complexity index is 280. The summed E-state index contributed by atoms with van der Waals surface area (Å²) in [7, 11) is 0. The van der Waals surface area contributed by atoms with Gasteiger partial charge in [-0.2, -0.15) is 8.78 Å². The average Bonchev–Trinajstić information content (AvgIpc) is 2.23. The van der Waals surface area contributed by atoms with Crippen LogP contribution in [0.25, 0.3) is 0 Å². The number of alkyl halides is 4. The average molecular weight is 260 g/mol. The molecule has 0 aromatic carbocycles. The first kappa shape index (κ1) is 15.9. The van der Waals surface area contributed by atoms with Crippen LogP contribution < -0.4 is 0 Å². The van der Waals surface area contributed by atoms with Crippen molar-refractivity contribution in [2.45, 2.75) is 25.6 Å². The third-order valence-corrected chi connectivity index (χ3v) is 1.54. The van der Waals surface area contributed by atoms with Gasteiger partial charge >= 0.3 is 18.5 Å². The second-order valence-corrected chi connectivity index (χ2v) is 3.16. The molecule has 0 rings (SSSR count). The molecule has 0 saturated heterocycles. The molecule has 0 aliphatic carbocycles. The Hall–Kier alpha value is -1.15. The van der Waals surface area contributed by atoms with Crippen LogP contribution in [0.2, 0.25) is 0 Å². The second kappa shape index (κ2) is 6.55. The molecule has 0 radical (unpaired) electrons. The Morgan fingerprint density at radius 1 is 1.47 bits per heavy atom. The van der Waals surface area contributed by atoms with Gasteiger partial charge in [-0.3, -0.25) is 0 Å². The zero-order valence-corrected chi connectivity index (χ0v) is 8.96. The van der Waals surface area contributed by atoms with Crippen molar-refractivity contribution in [1.82, 2.24) is 0 Å². The minimum Gasteiger partial charge on any atom is -0.454 e. The van der Waals surface area contributed by atoms with Crippen LogP contribution in [0.15, 0.2) is 12.2 Å². The summed E-state index contributed by atoms with van der Waals surface area (Å²) in [6.45, 7) is 2.63. The first-order chi connectivity index (χ1) is 7.70. The zero-order chi connectivity index (χ0) is 13.6. The van der Waals surface area contributed by atoms with Gasteiger partial charge in [0.25, 0.3) is 0 Å². The van der Waals surface area contributed by atoms with Gasteiger partial charge < -0.3 is 14.6 Å². The minimum absolute atomic E-state index is 0.0240. The first-order valence-corrected chi connectivity index (χ1v) is 4.48. The lowest BCUT2D eigenvalue weighted by Crippen LogP contribution is -2.36. The van der Waals surface area contributed by atoms with E-state index in [0.717, 1.165) is 0 Å². The van der Waals surface area contributed by atoms with Crippen molar-refractivity contribution in [2.75, 3.05) is 13.2 Å². The van der Waals surface area contributed by atoms with Crippen molar-refractivity contribution in [2.24, 2.45) is 0 Å². The smallest absolute Gasteiger partial charge is 0.416 e. The van der Waals surface area contributed by atoms with Crippen molar-refractivity contribution in [3.63, 3.8) is 0 Å². The van der Waals surface area contributed by atoms with Crippen LogP contribution in [0.3, 0.4) is 0 Å². The zero-order valence-electron chi connectivity index (χ0n) is 8.96. The van der Waals surface area contributed by atoms with Gasteiger partial charge in [0.15, 0.2) is 0 Å². The highest BCUT2D eigenvalue weighted by Crippen LogP contribution is 2.24. The van der Waals surface area contributed by atoms with Crippen LogP contribution in [-0.2, 0) is 14.3 Å². The highest BCUT2D eigenvalue weighted by atomic mass is 19.3. The Morgan fingerprint density at radius 3 is 2.35 bits per heavy atom. The lowest BCUT2D eigenvalue weighted by atomic mass is 10.3. The summed E-state index contributed by atoms with van der Waals surface area (Å²) in [5.41, 5.74) is -0.0240. The van der Waals surface area contributed by atoms with Crippen LogP contribution in [0.5, 0.6) is 0 Å². The largest absolute Gasteiger partial charge is 0.454 e. The van der Waals surface area contributed by atoms with E-state index in [9.17, 15) is 22.4 Å². The summed E-state index contributed by atoms with van der Waals surface area (Å²) >= 11 is 0. The Balaban J connectivity index is 4.24. The fourth-order valence-electron chi connectivity index (χ4n) is 0.643. The molecule has 0 aliphatic rings. The third-order valence-electron chi connectivity index (χ3n) is 1.54. The van der Waals surface area contributed by atoms with Gasteiger partial charge in [0.1, 0.15) is 6.10 Å². The summed E-state index contributed by atoms with van der Waals surface area (Å²) in [4.78, 5) is 10.9. The molecule has 100 valence electrons. The van der Waals surface area contributed by atoms with E-state index < -0.39 is 37.8 Å². The van der Waals surface area contributed by atoms with Crippen LogP contribution in [0, 0.1) is 0 Å². The van der Waals surface area contributed by atoms with Crippen molar-refractivity contribution in [3.8, 4) is 0 Å². The van der Waals surface area contributed by atoms with Gasteiger partial charge in [-0.15, -0.1) is 0 Å². The molecular weight excluding hydrogens is 248 g/mol. The maximum Gasteiger partial charge on any atom is 0.416 e. The van der Waals surface area contributed by atoms with Crippen molar-refractivity contribution < 1.29 is 36.9 Å². The third kappa shape index (κ3) is 5.64. The fraction of sp³-hybridized carbons (Fsp3) is 0.667. The van der Waals surface area contributed by atoms with E-state index in [1.165, 1.54) is 6.92 Å². The van der Waals surface area contributed by atoms with E-state index in [4.69, 9.17) is 5.11 Å². The molecule has 0 heterocycles. The molecule has 0 fully saturated rings. The van der Waals surface area contributed by atoms with Crippen LogP contribution in [0.1, 0.15) is 6.92 Å². The summed E-state index contributed by atoms with van der Waals surface area (Å²) in [6, 6.07) is 0. The number of rotatable bonds is 7. The molecule has 0 amide bonds. The highest BCUT2D eigenvalue weighted by Gasteiger charge is 2.43. The second-order valence-electron chi connectivity index (χ2n) is 3.16. The number of hydrogen-bond acceptors (Lipinski definition) is 4. The van der Waals surface area contributed by atoms with Crippen LogP contribution >= 0.6 is 0 Å². The molecule has 0 aromatic rings. The van der Waals surface area contributed by atoms with E-state index in [1.54, 1.807) is 0 Å². The Kier molecular flexibility index (Phi) is 6.11. The Labute approximate surface area is 94.8 Å². The first-order valence-electron chi connectivity index (χ1n) is 4.48. The standard InChI is InChI=1S/C9H12F4O4/c1-5(2)7(15)17-6(3-14)4-16-9(12,13)8(10)11/h6,8,14H,1,3-4H2,2H3. The number of aliphatic hydroxyl groups is 1. The van der Waals surface area contributed by atoms with Crippen molar-refractivity contribution in [1.29, 1.82) is 0 Å². The molecule has 0 aromatic heterocycles. The maximum absolute atomic E-state index is 12.3. The molecule has 0 spiro atoms. The minimum atomic E-state index is -4.65. The highest BCUT2D eigenvalue weighted by molar-refractivity contribution is 5.87. The topological polar surface area (TPSA) is 55.8 Å². The van der Waals surface area contributed by atoms with Crippen LogP contribution in [-0.4, -0.2) is 42.9 Å². The van der Waals surface area contributed by atoms with E-state index in [2.05, 4.69) is 16.1 Å². The normalized spacial score (nSPS) is 13.6. The Morgan fingerprint density at radius 2 is 2.00 bits per heavy atom. The van der Waals surface area contributed by atoms with Gasteiger partial charge in [0.2, 0.25) is 0 Å². The van der Waals surface area contributed by atoms with Crippen LogP contribution in [0.4, 0.5) is 17.6 Å². The number of aliphatic hydroxyl groups excluding tert-OH is 1. The van der Waals surface area contributed by atoms with Gasteiger partial charge in [-0.05, 0) is 6.92 Å². The number of halogens is 4. The fourth-order valence-corrected chi connectivity index (χ4v) is 0.643. The number of hydrogen-bond donors (Lipinski definition) is 1. The summed E-state index contributed by atoms with van der Waals surface area (Å²) in [5.74, 6) is -0.937. The lowest BCUT2D eigenvalue weighted by molar-refractivity contribution is -0.307. The summed E-state index contributed by atoms with van der Waals surface area (Å²) in [5, 5.41) is 8.67. The van der Waals surface area contributed by atoms with E-state index in [0.29, 0.717) is 0 Å². The monoisotopic (exact) mass is 260 g/mol.